The SMILES string of the molecule is Cc1cc(CN2CCC[C@@H](Cc3[nH]ncc3C)C2)no1. The highest BCUT2D eigenvalue weighted by molar-refractivity contribution is 5.14. The molecule has 0 amide bonds. The number of H-pyrrole nitrogens is 1. The van der Waals surface area contributed by atoms with Crippen molar-refractivity contribution in [3.05, 3.63) is 35.0 Å². The highest BCUT2D eigenvalue weighted by Crippen LogP contribution is 2.22. The number of hydrogen-bond acceptors (Lipinski definition) is 4. The number of rotatable bonds is 4. The van der Waals surface area contributed by atoms with Gasteiger partial charge in [0.05, 0.1) is 11.9 Å². The van der Waals surface area contributed by atoms with E-state index in [-0.39, 0.29) is 0 Å². The van der Waals surface area contributed by atoms with Crippen LogP contribution in [0.5, 0.6) is 0 Å². The van der Waals surface area contributed by atoms with Gasteiger partial charge >= 0.3 is 0 Å². The number of likely N-dealkylation sites (tertiary alicyclic amines) is 1. The molecule has 0 aliphatic carbocycles. The van der Waals surface area contributed by atoms with Gasteiger partial charge in [-0.2, -0.15) is 5.10 Å². The molecule has 2 aromatic heterocycles. The van der Waals surface area contributed by atoms with E-state index < -0.39 is 0 Å². The van der Waals surface area contributed by atoms with Crippen LogP contribution in [0, 0.1) is 19.8 Å². The quantitative estimate of drug-likeness (QED) is 0.930. The zero-order chi connectivity index (χ0) is 13.9. The van der Waals surface area contributed by atoms with Gasteiger partial charge in [0.2, 0.25) is 0 Å². The molecular formula is C15H22N4O. The average Bonchev–Trinajstić information content (AvgIpc) is 3.00. The third-order valence-electron chi connectivity index (χ3n) is 4.09. The van der Waals surface area contributed by atoms with E-state index in [0.29, 0.717) is 5.92 Å². The van der Waals surface area contributed by atoms with Gasteiger partial charge in [0.1, 0.15) is 5.76 Å². The predicted octanol–water partition coefficient (Wildman–Crippen LogP) is 2.47. The lowest BCUT2D eigenvalue weighted by molar-refractivity contribution is 0.162. The molecule has 0 spiro atoms. The first kappa shape index (κ1) is 13.4. The molecule has 2 aromatic rings. The second-order valence-corrected chi connectivity index (χ2v) is 5.91. The molecule has 1 saturated heterocycles. The zero-order valence-corrected chi connectivity index (χ0v) is 12.2. The second-order valence-electron chi connectivity index (χ2n) is 5.91. The second kappa shape index (κ2) is 5.79. The van der Waals surface area contributed by atoms with Crippen LogP contribution in [0.1, 0.15) is 35.6 Å². The van der Waals surface area contributed by atoms with Gasteiger partial charge in [0.25, 0.3) is 0 Å². The van der Waals surface area contributed by atoms with Crippen molar-refractivity contribution in [1.82, 2.24) is 20.3 Å². The van der Waals surface area contributed by atoms with Gasteiger partial charge in [-0.15, -0.1) is 0 Å². The Labute approximate surface area is 119 Å². The molecule has 0 aromatic carbocycles. The Hall–Kier alpha value is -1.62. The largest absolute Gasteiger partial charge is 0.361 e. The van der Waals surface area contributed by atoms with Crippen LogP contribution < -0.4 is 0 Å². The van der Waals surface area contributed by atoms with Crippen molar-refractivity contribution in [1.29, 1.82) is 0 Å². The van der Waals surface area contributed by atoms with Crippen LogP contribution in [0.4, 0.5) is 0 Å². The number of aryl methyl sites for hydroxylation is 2. The van der Waals surface area contributed by atoms with E-state index in [2.05, 4.69) is 27.2 Å². The Balaban J connectivity index is 1.57. The summed E-state index contributed by atoms with van der Waals surface area (Å²) in [6, 6.07) is 2.03. The fourth-order valence-electron chi connectivity index (χ4n) is 3.05. The van der Waals surface area contributed by atoms with Crippen molar-refractivity contribution in [2.75, 3.05) is 13.1 Å². The third kappa shape index (κ3) is 3.10. The molecule has 1 aliphatic rings. The lowest BCUT2D eigenvalue weighted by Crippen LogP contribution is -2.35. The molecule has 108 valence electrons. The average molecular weight is 274 g/mol. The van der Waals surface area contributed by atoms with Crippen LogP contribution in [0.25, 0.3) is 0 Å². The highest BCUT2D eigenvalue weighted by atomic mass is 16.5. The Morgan fingerprint density at radius 1 is 1.45 bits per heavy atom. The number of nitrogens with one attached hydrogen (secondary N) is 1. The van der Waals surface area contributed by atoms with Crippen LogP contribution in [0.15, 0.2) is 16.8 Å². The maximum Gasteiger partial charge on any atom is 0.133 e. The van der Waals surface area contributed by atoms with Gasteiger partial charge in [-0.05, 0) is 51.1 Å². The summed E-state index contributed by atoms with van der Waals surface area (Å²) in [5.41, 5.74) is 3.60. The van der Waals surface area contributed by atoms with Gasteiger partial charge in [-0.1, -0.05) is 5.16 Å². The van der Waals surface area contributed by atoms with Crippen LogP contribution in [-0.4, -0.2) is 33.3 Å². The van der Waals surface area contributed by atoms with E-state index in [4.69, 9.17) is 4.52 Å². The van der Waals surface area contributed by atoms with Gasteiger partial charge < -0.3 is 4.52 Å². The lowest BCUT2D eigenvalue weighted by Gasteiger charge is -2.32. The molecular weight excluding hydrogens is 252 g/mol. The van der Waals surface area contributed by atoms with E-state index in [1.807, 2.05) is 19.2 Å². The van der Waals surface area contributed by atoms with Crippen LogP contribution in [0.2, 0.25) is 0 Å². The summed E-state index contributed by atoms with van der Waals surface area (Å²) >= 11 is 0. The first-order valence-corrected chi connectivity index (χ1v) is 7.34. The highest BCUT2D eigenvalue weighted by Gasteiger charge is 2.22. The molecule has 20 heavy (non-hydrogen) atoms. The molecule has 3 rings (SSSR count). The topological polar surface area (TPSA) is 58.0 Å². The summed E-state index contributed by atoms with van der Waals surface area (Å²) in [5.74, 6) is 1.59. The van der Waals surface area contributed by atoms with Crippen molar-refractivity contribution >= 4 is 0 Å². The molecule has 1 atom stereocenters. The van der Waals surface area contributed by atoms with E-state index in [1.165, 1.54) is 24.1 Å². The van der Waals surface area contributed by atoms with E-state index in [9.17, 15) is 0 Å². The molecule has 0 saturated carbocycles. The van der Waals surface area contributed by atoms with Crippen molar-refractivity contribution < 1.29 is 4.52 Å². The minimum Gasteiger partial charge on any atom is -0.361 e. The lowest BCUT2D eigenvalue weighted by atomic mass is 9.92. The van der Waals surface area contributed by atoms with Crippen molar-refractivity contribution in [3.63, 3.8) is 0 Å². The smallest absolute Gasteiger partial charge is 0.133 e. The zero-order valence-electron chi connectivity index (χ0n) is 12.2. The minimum atomic E-state index is 0.705. The van der Waals surface area contributed by atoms with Crippen LogP contribution >= 0.6 is 0 Å². The van der Waals surface area contributed by atoms with E-state index in [0.717, 1.165) is 37.5 Å². The normalized spacial score (nSPS) is 20.4. The molecule has 0 radical (unpaired) electrons. The molecule has 3 heterocycles. The third-order valence-corrected chi connectivity index (χ3v) is 4.09. The summed E-state index contributed by atoms with van der Waals surface area (Å²) in [6.07, 6.45) is 5.57. The minimum absolute atomic E-state index is 0.705. The number of aromatic nitrogens is 3. The summed E-state index contributed by atoms with van der Waals surface area (Å²) < 4.78 is 5.14. The van der Waals surface area contributed by atoms with Gasteiger partial charge in [0.15, 0.2) is 0 Å². The molecule has 5 nitrogen and oxygen atoms in total. The Morgan fingerprint density at radius 2 is 2.35 bits per heavy atom. The molecule has 1 N–H and O–H groups in total. The maximum absolute atomic E-state index is 5.14. The van der Waals surface area contributed by atoms with Gasteiger partial charge in [-0.3, -0.25) is 10.00 Å². The van der Waals surface area contributed by atoms with Crippen molar-refractivity contribution in [2.24, 2.45) is 5.92 Å². The Bertz CT molecular complexity index is 560. The number of nitrogens with zero attached hydrogens (tertiary/aromatic N) is 3. The van der Waals surface area contributed by atoms with Gasteiger partial charge in [-0.25, -0.2) is 0 Å². The molecule has 5 heteroatoms. The van der Waals surface area contributed by atoms with Crippen molar-refractivity contribution in [2.45, 2.75) is 39.7 Å². The molecule has 0 bridgehead atoms. The monoisotopic (exact) mass is 274 g/mol. The van der Waals surface area contributed by atoms with Crippen LogP contribution in [0.3, 0.4) is 0 Å². The van der Waals surface area contributed by atoms with E-state index >= 15 is 0 Å². The van der Waals surface area contributed by atoms with E-state index in [1.54, 1.807) is 0 Å². The molecule has 0 unspecified atom stereocenters. The number of aromatic amines is 1. The Kier molecular flexibility index (Phi) is 3.87. The standard InChI is InChI=1S/C15H22N4O/c1-11-8-16-17-15(11)7-13-4-3-5-19(9-13)10-14-6-12(2)20-18-14/h6,8,13H,3-5,7,9-10H2,1-2H3,(H,16,17)/t13-/m0/s1. The molecule has 1 fully saturated rings. The first-order valence-electron chi connectivity index (χ1n) is 7.34. The van der Waals surface area contributed by atoms with Gasteiger partial charge in [0, 0.05) is 24.8 Å². The fourth-order valence-corrected chi connectivity index (χ4v) is 3.05. The fraction of sp³-hybridized carbons (Fsp3) is 0.600. The summed E-state index contributed by atoms with van der Waals surface area (Å²) in [7, 11) is 0. The first-order chi connectivity index (χ1) is 9.70. The Morgan fingerprint density at radius 3 is 3.05 bits per heavy atom. The number of hydrogen-bond donors (Lipinski definition) is 1. The molecule has 1 aliphatic heterocycles. The van der Waals surface area contributed by atoms with Crippen LogP contribution in [-0.2, 0) is 13.0 Å². The summed E-state index contributed by atoms with van der Waals surface area (Å²) in [4.78, 5) is 2.48. The maximum atomic E-state index is 5.14. The summed E-state index contributed by atoms with van der Waals surface area (Å²) in [6.45, 7) is 7.25. The summed E-state index contributed by atoms with van der Waals surface area (Å²) in [5, 5.41) is 11.3. The number of piperidine rings is 1. The van der Waals surface area contributed by atoms with Crippen molar-refractivity contribution in [3.8, 4) is 0 Å². The predicted molar refractivity (Wildman–Crippen MR) is 76.3 cm³/mol.